The van der Waals surface area contributed by atoms with E-state index in [1.54, 1.807) is 0 Å². The summed E-state index contributed by atoms with van der Waals surface area (Å²) in [6, 6.07) is 0. The molecule has 0 bridgehead atoms. The van der Waals surface area contributed by atoms with E-state index in [2.05, 4.69) is 9.97 Å². The molecule has 0 aromatic carbocycles. The lowest BCUT2D eigenvalue weighted by molar-refractivity contribution is 0.0435. The molecule has 1 aromatic rings. The molecule has 5 heteroatoms. The van der Waals surface area contributed by atoms with Crippen LogP contribution in [0.25, 0.3) is 0 Å². The summed E-state index contributed by atoms with van der Waals surface area (Å²) in [5.41, 5.74) is 0.211. The van der Waals surface area contributed by atoms with Gasteiger partial charge in [-0.1, -0.05) is 24.4 Å². The highest BCUT2D eigenvalue weighted by Gasteiger charge is 2.18. The number of hydrogen-bond acceptors (Lipinski definition) is 4. The van der Waals surface area contributed by atoms with E-state index in [0.29, 0.717) is 12.5 Å². The molecule has 0 radical (unpaired) electrons. The second-order valence-corrected chi connectivity index (χ2v) is 4.36. The van der Waals surface area contributed by atoms with Crippen molar-refractivity contribution < 1.29 is 9.53 Å². The fourth-order valence-electron chi connectivity index (χ4n) is 1.86. The molecule has 0 saturated heterocycles. The quantitative estimate of drug-likeness (QED) is 0.762. The number of esters is 1. The average Bonchev–Trinajstić information content (AvgIpc) is 2.80. The highest BCUT2D eigenvalue weighted by molar-refractivity contribution is 6.29. The van der Waals surface area contributed by atoms with Gasteiger partial charge in [-0.05, 0) is 18.8 Å². The van der Waals surface area contributed by atoms with Gasteiger partial charge in [0.25, 0.3) is 0 Å². The topological polar surface area (TPSA) is 52.1 Å². The summed E-state index contributed by atoms with van der Waals surface area (Å²) in [5.74, 6) is 0.0975. The van der Waals surface area contributed by atoms with Crippen molar-refractivity contribution in [3.8, 4) is 0 Å². The molecule has 1 heterocycles. The Morgan fingerprint density at radius 3 is 2.75 bits per heavy atom. The van der Waals surface area contributed by atoms with Gasteiger partial charge >= 0.3 is 5.97 Å². The van der Waals surface area contributed by atoms with E-state index in [1.165, 1.54) is 25.2 Å². The maximum absolute atomic E-state index is 11.5. The van der Waals surface area contributed by atoms with Crippen LogP contribution in [-0.4, -0.2) is 22.5 Å². The number of halogens is 1. The molecule has 0 amide bonds. The van der Waals surface area contributed by atoms with E-state index < -0.39 is 5.97 Å². The standard InChI is InChI=1S/C11H13ClN2O2/c12-10-6-13-9(5-14-10)11(15)16-7-8-3-1-2-4-8/h5-6,8H,1-4,7H2. The van der Waals surface area contributed by atoms with E-state index in [9.17, 15) is 4.79 Å². The number of hydrogen-bond donors (Lipinski definition) is 0. The number of ether oxygens (including phenoxy) is 1. The van der Waals surface area contributed by atoms with Crippen LogP contribution in [0.3, 0.4) is 0 Å². The van der Waals surface area contributed by atoms with Crippen molar-refractivity contribution in [3.05, 3.63) is 23.2 Å². The van der Waals surface area contributed by atoms with Gasteiger partial charge in [0.1, 0.15) is 5.15 Å². The van der Waals surface area contributed by atoms with Gasteiger partial charge in [-0.15, -0.1) is 0 Å². The second kappa shape index (κ2) is 5.25. The van der Waals surface area contributed by atoms with Crippen LogP contribution in [-0.2, 0) is 4.74 Å². The number of carbonyl (C=O) groups is 1. The van der Waals surface area contributed by atoms with Gasteiger partial charge in [0.05, 0.1) is 19.0 Å². The summed E-state index contributed by atoms with van der Waals surface area (Å²) in [6.45, 7) is 0.489. The van der Waals surface area contributed by atoms with Gasteiger partial charge < -0.3 is 4.74 Å². The minimum Gasteiger partial charge on any atom is -0.461 e. The van der Waals surface area contributed by atoms with Crippen molar-refractivity contribution >= 4 is 17.6 Å². The van der Waals surface area contributed by atoms with Crippen LogP contribution in [0.1, 0.15) is 36.2 Å². The lowest BCUT2D eigenvalue weighted by Crippen LogP contribution is -2.13. The average molecular weight is 241 g/mol. The number of carbonyl (C=O) groups excluding carboxylic acids is 1. The van der Waals surface area contributed by atoms with Crippen LogP contribution in [0.15, 0.2) is 12.4 Å². The van der Waals surface area contributed by atoms with Gasteiger partial charge in [0.2, 0.25) is 0 Å². The maximum atomic E-state index is 11.5. The van der Waals surface area contributed by atoms with Crippen LogP contribution in [0.4, 0.5) is 0 Å². The minimum atomic E-state index is -0.420. The summed E-state index contributed by atoms with van der Waals surface area (Å²) in [6.07, 6.45) is 7.46. The van der Waals surface area contributed by atoms with Crippen LogP contribution in [0.5, 0.6) is 0 Å². The van der Waals surface area contributed by atoms with Crippen molar-refractivity contribution in [1.29, 1.82) is 0 Å². The fraction of sp³-hybridized carbons (Fsp3) is 0.545. The summed E-state index contributed by atoms with van der Waals surface area (Å²) in [5, 5.41) is 0.271. The molecular weight excluding hydrogens is 228 g/mol. The van der Waals surface area contributed by atoms with Gasteiger partial charge in [0, 0.05) is 0 Å². The number of rotatable bonds is 3. The highest BCUT2D eigenvalue weighted by Crippen LogP contribution is 2.24. The zero-order chi connectivity index (χ0) is 11.4. The van der Waals surface area contributed by atoms with Crippen molar-refractivity contribution in [1.82, 2.24) is 9.97 Å². The molecule has 4 nitrogen and oxygen atoms in total. The van der Waals surface area contributed by atoms with Crippen LogP contribution < -0.4 is 0 Å². The molecule has 1 fully saturated rings. The molecule has 0 aliphatic heterocycles. The molecule has 1 aliphatic carbocycles. The maximum Gasteiger partial charge on any atom is 0.358 e. The Morgan fingerprint density at radius 2 is 2.12 bits per heavy atom. The second-order valence-electron chi connectivity index (χ2n) is 3.97. The van der Waals surface area contributed by atoms with E-state index in [0.717, 1.165) is 12.8 Å². The van der Waals surface area contributed by atoms with E-state index in [4.69, 9.17) is 16.3 Å². The highest BCUT2D eigenvalue weighted by atomic mass is 35.5. The third-order valence-corrected chi connectivity index (χ3v) is 2.95. The van der Waals surface area contributed by atoms with Crippen molar-refractivity contribution in [3.63, 3.8) is 0 Å². The largest absolute Gasteiger partial charge is 0.461 e. The molecular formula is C11H13ClN2O2. The Morgan fingerprint density at radius 1 is 1.38 bits per heavy atom. The Bertz CT molecular complexity index is 361. The molecule has 0 spiro atoms. The lowest BCUT2D eigenvalue weighted by Gasteiger charge is -2.09. The number of aromatic nitrogens is 2. The predicted octanol–water partition coefficient (Wildman–Crippen LogP) is 2.48. The molecule has 1 aromatic heterocycles. The molecule has 1 saturated carbocycles. The number of nitrogens with zero attached hydrogens (tertiary/aromatic N) is 2. The normalized spacial score (nSPS) is 16.3. The van der Waals surface area contributed by atoms with Crippen molar-refractivity contribution in [2.75, 3.05) is 6.61 Å². The molecule has 0 N–H and O–H groups in total. The van der Waals surface area contributed by atoms with Gasteiger partial charge in [-0.2, -0.15) is 0 Å². The van der Waals surface area contributed by atoms with Gasteiger partial charge in [-0.25, -0.2) is 14.8 Å². The zero-order valence-electron chi connectivity index (χ0n) is 8.86. The first kappa shape index (κ1) is 11.3. The first-order valence-corrected chi connectivity index (χ1v) is 5.78. The monoisotopic (exact) mass is 240 g/mol. The first-order valence-electron chi connectivity index (χ1n) is 5.40. The first-order chi connectivity index (χ1) is 7.75. The van der Waals surface area contributed by atoms with E-state index in [1.807, 2.05) is 0 Å². The van der Waals surface area contributed by atoms with Gasteiger partial charge in [0.15, 0.2) is 5.69 Å². The molecule has 0 atom stereocenters. The van der Waals surface area contributed by atoms with Crippen LogP contribution >= 0.6 is 11.6 Å². The summed E-state index contributed by atoms with van der Waals surface area (Å²) in [7, 11) is 0. The van der Waals surface area contributed by atoms with Crippen molar-refractivity contribution in [2.45, 2.75) is 25.7 Å². The summed E-state index contributed by atoms with van der Waals surface area (Å²) < 4.78 is 5.17. The van der Waals surface area contributed by atoms with Crippen molar-refractivity contribution in [2.24, 2.45) is 5.92 Å². The van der Waals surface area contributed by atoms with Gasteiger partial charge in [-0.3, -0.25) is 0 Å². The Labute approximate surface area is 99.0 Å². The van der Waals surface area contributed by atoms with Crippen LogP contribution in [0, 0.1) is 5.92 Å². The third-order valence-electron chi connectivity index (χ3n) is 2.75. The molecule has 2 rings (SSSR count). The smallest absolute Gasteiger partial charge is 0.358 e. The SMILES string of the molecule is O=C(OCC1CCCC1)c1cnc(Cl)cn1. The summed E-state index contributed by atoms with van der Waals surface area (Å²) in [4.78, 5) is 19.2. The Hall–Kier alpha value is -1.16. The molecule has 86 valence electrons. The summed E-state index contributed by atoms with van der Waals surface area (Å²) >= 11 is 5.57. The van der Waals surface area contributed by atoms with E-state index >= 15 is 0 Å². The molecule has 1 aliphatic rings. The Balaban J connectivity index is 1.85. The Kier molecular flexibility index (Phi) is 3.72. The fourth-order valence-corrected chi connectivity index (χ4v) is 1.96. The van der Waals surface area contributed by atoms with Crippen LogP contribution in [0.2, 0.25) is 5.15 Å². The molecule has 16 heavy (non-hydrogen) atoms. The predicted molar refractivity (Wildman–Crippen MR) is 59.3 cm³/mol. The zero-order valence-corrected chi connectivity index (χ0v) is 9.61. The molecule has 0 unspecified atom stereocenters. The lowest BCUT2D eigenvalue weighted by atomic mass is 10.1. The third kappa shape index (κ3) is 2.92. The minimum absolute atomic E-state index is 0.211. The van der Waals surface area contributed by atoms with E-state index in [-0.39, 0.29) is 10.8 Å².